The quantitative estimate of drug-likeness (QED) is 0.0124. The summed E-state index contributed by atoms with van der Waals surface area (Å²) >= 11 is 0. The van der Waals surface area contributed by atoms with E-state index in [1.165, 1.54) is 39.8 Å². The van der Waals surface area contributed by atoms with E-state index in [4.69, 9.17) is 54.2 Å². The van der Waals surface area contributed by atoms with Gasteiger partial charge in [0.15, 0.2) is 0 Å². The van der Waals surface area contributed by atoms with Crippen molar-refractivity contribution < 1.29 is 94.0 Å². The van der Waals surface area contributed by atoms with Gasteiger partial charge < -0.3 is 64.8 Å². The lowest BCUT2D eigenvalue weighted by atomic mass is 10.0. The number of nitrogens with one attached hydrogen (secondary N) is 2. The number of carbonyl (C=O) groups excluding carboxylic acids is 4. The van der Waals surface area contributed by atoms with Crippen LogP contribution in [0.2, 0.25) is 0 Å². The molecule has 0 bridgehead atoms. The monoisotopic (exact) mass is 1140 g/mol. The molecule has 2 heterocycles. The number of amides is 1. The molecule has 0 spiro atoms. The number of ether oxygens (including phenoxy) is 6. The molecule has 1 aliphatic heterocycles. The lowest BCUT2D eigenvalue weighted by molar-refractivity contribution is -0.140. The number of benzene rings is 2. The molecule has 32 heteroatoms. The highest BCUT2D eigenvalue weighted by molar-refractivity contribution is 8.76. The molecule has 0 radical (unpaired) electrons. The van der Waals surface area contributed by atoms with Gasteiger partial charge in [-0.25, -0.2) is 32.9 Å². The van der Waals surface area contributed by atoms with Gasteiger partial charge in [-0.3, -0.25) is 23.7 Å². The summed E-state index contributed by atoms with van der Waals surface area (Å²) in [6.45, 7) is 2.94. The molecule has 1 fully saturated rings. The number of unbranched alkanes of at least 4 members (excludes halogenated alkanes) is 1. The van der Waals surface area contributed by atoms with Crippen LogP contribution < -0.4 is 32.8 Å². The molecule has 7 atom stereocenters. The number of hydrogen-bond donors (Lipinski definition) is 8. The third-order valence-electron chi connectivity index (χ3n) is 9.84. The molecule has 2 aromatic carbocycles. The number of nitrogens with two attached hydrogens (primary N) is 2. The third kappa shape index (κ3) is 20.9. The molecule has 1 saturated heterocycles. The lowest BCUT2D eigenvalue weighted by Gasteiger charge is -2.21. The zero-order chi connectivity index (χ0) is 54.6. The van der Waals surface area contributed by atoms with Crippen molar-refractivity contribution >= 4 is 68.9 Å². The first kappa shape index (κ1) is 62.0. The fraction of sp³-hybridized carbons (Fsp3) is 0.476. The third-order valence-corrected chi connectivity index (χ3v) is 15.8. The van der Waals surface area contributed by atoms with Gasteiger partial charge in [0.2, 0.25) is 5.91 Å². The summed E-state index contributed by atoms with van der Waals surface area (Å²) < 4.78 is 81.4. The van der Waals surface area contributed by atoms with Crippen LogP contribution in [0.1, 0.15) is 94.5 Å². The Bertz CT molecular complexity index is 2760. The van der Waals surface area contributed by atoms with Crippen LogP contribution in [0.5, 0.6) is 5.75 Å². The Morgan fingerprint density at radius 1 is 0.932 bits per heavy atom. The Balaban J connectivity index is 1.35. The number of nitrogens with zero attached hydrogens (tertiary/aromatic N) is 1. The van der Waals surface area contributed by atoms with Crippen LogP contribution in [-0.2, 0) is 60.1 Å². The van der Waals surface area contributed by atoms with E-state index in [0.717, 1.165) is 10.8 Å². The van der Waals surface area contributed by atoms with Crippen LogP contribution in [0.3, 0.4) is 0 Å². The van der Waals surface area contributed by atoms with Gasteiger partial charge in [0.1, 0.15) is 36.4 Å². The highest BCUT2D eigenvalue weighted by atomic mass is 33.1. The Kier molecular flexibility index (Phi) is 24.9. The van der Waals surface area contributed by atoms with E-state index < -0.39 is 89.6 Å². The van der Waals surface area contributed by atoms with Crippen LogP contribution in [-0.4, -0.2) is 124 Å². The van der Waals surface area contributed by atoms with E-state index in [9.17, 15) is 52.2 Å². The first-order valence-corrected chi connectivity index (χ1v) is 29.2. The van der Waals surface area contributed by atoms with Gasteiger partial charge >= 0.3 is 47.1 Å². The fourth-order valence-electron chi connectivity index (χ4n) is 6.63. The number of H-pyrrole nitrogens is 1. The number of phosphoric acid groups is 3. The van der Waals surface area contributed by atoms with E-state index in [0.29, 0.717) is 37.1 Å². The number of phosphoric ester groups is 1. The van der Waals surface area contributed by atoms with Crippen molar-refractivity contribution in [2.45, 2.75) is 69.3 Å². The van der Waals surface area contributed by atoms with Gasteiger partial charge in [0.25, 0.3) is 5.56 Å². The Hall–Kier alpha value is -4.53. The van der Waals surface area contributed by atoms with Gasteiger partial charge in [0, 0.05) is 36.9 Å². The summed E-state index contributed by atoms with van der Waals surface area (Å²) in [4.78, 5) is 117. The molecule has 27 nitrogen and oxygen atoms in total. The SMILES string of the molecule is CSSC(C)c1ccc(OC(=O)COCCOCCN)cc1C(=O)OCCCCC(=O)NCC#Cc1cn([C@H]2C[C@@H](OC(=O)c3ccccc3C(C)N)C(COP(=O)(O)OP(=O)(O)OP(=O)(O)O)O2)c(=O)[nH]c1=O. The first-order chi connectivity index (χ1) is 34.9. The Morgan fingerprint density at radius 2 is 1.66 bits per heavy atom. The number of esters is 3. The molecular weight excluding hydrogens is 1080 g/mol. The van der Waals surface area contributed by atoms with Gasteiger partial charge in [-0.05, 0) is 62.3 Å². The smallest absolute Gasteiger partial charge is 0.462 e. The first-order valence-electron chi connectivity index (χ1n) is 22.1. The lowest BCUT2D eigenvalue weighted by Crippen LogP contribution is -2.34. The van der Waals surface area contributed by atoms with E-state index in [1.54, 1.807) is 31.2 Å². The Morgan fingerprint density at radius 3 is 2.36 bits per heavy atom. The summed E-state index contributed by atoms with van der Waals surface area (Å²) in [5.41, 5.74) is 10.4. The minimum atomic E-state index is -5.90. The van der Waals surface area contributed by atoms with Gasteiger partial charge in [-0.1, -0.05) is 57.7 Å². The van der Waals surface area contributed by atoms with E-state index >= 15 is 0 Å². The molecule has 0 aliphatic carbocycles. The molecule has 74 heavy (non-hydrogen) atoms. The molecule has 1 aromatic heterocycles. The topological polar surface area (TPSA) is 402 Å². The Labute approximate surface area is 430 Å². The molecule has 4 rings (SSSR count). The van der Waals surface area contributed by atoms with Crippen LogP contribution in [0.15, 0.2) is 58.3 Å². The minimum absolute atomic E-state index is 0.00874. The zero-order valence-electron chi connectivity index (χ0n) is 39.9. The van der Waals surface area contributed by atoms with E-state index in [2.05, 4.69) is 30.8 Å². The highest BCUT2D eigenvalue weighted by Crippen LogP contribution is 2.66. The molecule has 10 N–H and O–H groups in total. The van der Waals surface area contributed by atoms with Crippen molar-refractivity contribution in [3.63, 3.8) is 0 Å². The van der Waals surface area contributed by atoms with E-state index in [-0.39, 0.29) is 73.5 Å². The molecule has 1 aliphatic rings. The van der Waals surface area contributed by atoms with Crippen molar-refractivity contribution in [2.75, 3.05) is 59.0 Å². The van der Waals surface area contributed by atoms with E-state index in [1.807, 2.05) is 13.2 Å². The fourth-order valence-corrected chi connectivity index (χ4v) is 11.4. The molecule has 5 unspecified atom stereocenters. The maximum atomic E-state index is 13.4. The van der Waals surface area contributed by atoms with Crippen molar-refractivity contribution in [3.8, 4) is 17.6 Å². The van der Waals surface area contributed by atoms with Gasteiger partial charge in [0.05, 0.1) is 50.7 Å². The summed E-state index contributed by atoms with van der Waals surface area (Å²) in [6.07, 6.45) is -1.25. The summed E-state index contributed by atoms with van der Waals surface area (Å²) in [5, 5.41) is 2.44. The largest absolute Gasteiger partial charge is 0.490 e. The number of rotatable bonds is 29. The predicted molar refractivity (Wildman–Crippen MR) is 264 cm³/mol. The molecule has 1 amide bonds. The zero-order valence-corrected chi connectivity index (χ0v) is 44.2. The van der Waals surface area contributed by atoms with Crippen molar-refractivity contribution in [2.24, 2.45) is 11.5 Å². The summed E-state index contributed by atoms with van der Waals surface area (Å²) in [7, 11) is -14.3. The number of aromatic nitrogens is 2. The number of carbonyl (C=O) groups is 4. The summed E-state index contributed by atoms with van der Waals surface area (Å²) in [6, 6.07) is 10.1. The maximum Gasteiger partial charge on any atom is 0.490 e. The molecular formula is C42H56N5O22P3S2. The molecule has 3 aromatic rings. The summed E-state index contributed by atoms with van der Waals surface area (Å²) in [5.74, 6) is 2.53. The number of hydrogen-bond acceptors (Lipinski definition) is 22. The van der Waals surface area contributed by atoms with Crippen molar-refractivity contribution in [3.05, 3.63) is 97.3 Å². The second kappa shape index (κ2) is 29.7. The second-order valence-corrected chi connectivity index (χ2v) is 22.8. The molecule has 0 saturated carbocycles. The van der Waals surface area contributed by atoms with Crippen molar-refractivity contribution in [1.82, 2.24) is 14.9 Å². The normalized spacial score (nSPS) is 17.9. The standard InChI is InChI=1S/C42H56N5O22P3S2/c1-26(44)30-10-4-5-11-32(30)41(52)67-34-22-37(66-35(34)24-64-71(57,58)69-72(59,60)68-70(54,55)56)47-23-28(39(50)46-42(47)53)9-8-16-45-36(48)12-6-7-17-63-40(51)33-21-29(13-14-31(33)27(2)74-73-3)65-38(49)25-62-20-19-61-18-15-43/h4-5,10-11,13-14,21,23,26-27,34-35,37H,6-7,12,15-20,22,24-25,43-44H2,1-3H3,(H,45,48)(H,57,58)(H,59,60)(H,46,50,53)(H2,54,55,56)/t26?,27?,34-,35?,37-/m1/s1. The van der Waals surface area contributed by atoms with Crippen LogP contribution >= 0.6 is 45.1 Å². The van der Waals surface area contributed by atoms with Gasteiger partial charge in [-0.2, -0.15) is 8.62 Å². The van der Waals surface area contributed by atoms with Crippen LogP contribution in [0.4, 0.5) is 0 Å². The highest BCUT2D eigenvalue weighted by Gasteiger charge is 2.44. The second-order valence-electron chi connectivity index (χ2n) is 15.5. The molecule has 408 valence electrons. The number of aromatic amines is 1. The van der Waals surface area contributed by atoms with Gasteiger partial charge in [-0.15, -0.1) is 0 Å². The predicted octanol–water partition coefficient (Wildman–Crippen LogP) is 2.88. The average Bonchev–Trinajstić information content (AvgIpc) is 3.71. The maximum absolute atomic E-state index is 13.4. The minimum Gasteiger partial charge on any atom is -0.462 e. The van der Waals surface area contributed by atoms with Crippen LogP contribution in [0, 0.1) is 11.8 Å². The van der Waals surface area contributed by atoms with Crippen LogP contribution in [0.25, 0.3) is 0 Å². The average molecular weight is 1140 g/mol. The van der Waals surface area contributed by atoms with Crippen molar-refractivity contribution in [1.29, 1.82) is 0 Å².